The van der Waals surface area contributed by atoms with Crippen LogP contribution >= 0.6 is 0 Å². The van der Waals surface area contributed by atoms with Crippen molar-refractivity contribution in [2.75, 3.05) is 12.4 Å². The Balaban J connectivity index is 1.09. The average molecular weight is 456 g/mol. The summed E-state index contributed by atoms with van der Waals surface area (Å²) in [4.78, 5) is 23.2. The molecule has 2 fully saturated rings. The maximum atomic E-state index is 12.8. The zero-order valence-electron chi connectivity index (χ0n) is 19.8. The third-order valence-corrected chi connectivity index (χ3v) is 6.74. The number of benzene rings is 1. The Morgan fingerprint density at radius 1 is 0.941 bits per heavy atom. The number of rotatable bonds is 9. The van der Waals surface area contributed by atoms with Crippen molar-refractivity contribution in [1.82, 2.24) is 20.2 Å². The lowest BCUT2D eigenvalue weighted by Crippen LogP contribution is -2.32. The van der Waals surface area contributed by atoms with Gasteiger partial charge in [0.1, 0.15) is 5.82 Å². The molecule has 176 valence electrons. The Labute approximate surface area is 201 Å². The van der Waals surface area contributed by atoms with Gasteiger partial charge >= 0.3 is 0 Å². The van der Waals surface area contributed by atoms with Gasteiger partial charge in [0.05, 0.1) is 0 Å². The van der Waals surface area contributed by atoms with Crippen LogP contribution in [0.2, 0.25) is 0 Å². The number of hydrogen-bond acceptors (Lipinski definition) is 5. The summed E-state index contributed by atoms with van der Waals surface area (Å²) in [7, 11) is 1.83. The molecule has 34 heavy (non-hydrogen) atoms. The third-order valence-electron chi connectivity index (χ3n) is 6.74. The van der Waals surface area contributed by atoms with Gasteiger partial charge in [-0.2, -0.15) is 0 Å². The lowest BCUT2D eigenvalue weighted by atomic mass is 10.0. The van der Waals surface area contributed by atoms with Crippen molar-refractivity contribution in [3.05, 3.63) is 89.4 Å². The molecule has 0 spiro atoms. The lowest BCUT2D eigenvalue weighted by molar-refractivity contribution is 0.0785. The highest BCUT2D eigenvalue weighted by Gasteiger charge is 2.25. The van der Waals surface area contributed by atoms with Crippen molar-refractivity contribution in [2.24, 2.45) is 0 Å². The molecule has 0 bridgehead atoms. The number of hydrogen-bond donors (Lipinski definition) is 2. The second-order valence-corrected chi connectivity index (χ2v) is 9.74. The van der Waals surface area contributed by atoms with Crippen molar-refractivity contribution < 1.29 is 4.79 Å². The van der Waals surface area contributed by atoms with Crippen LogP contribution in [0, 0.1) is 0 Å². The van der Waals surface area contributed by atoms with E-state index in [1.54, 1.807) is 17.3 Å². The van der Waals surface area contributed by atoms with Crippen LogP contribution in [0.1, 0.15) is 52.7 Å². The van der Waals surface area contributed by atoms with Crippen LogP contribution in [0.15, 0.2) is 67.1 Å². The van der Waals surface area contributed by atoms with E-state index in [9.17, 15) is 4.79 Å². The molecular weight excluding hydrogens is 422 g/mol. The molecule has 1 amide bonds. The summed E-state index contributed by atoms with van der Waals surface area (Å²) < 4.78 is 0. The molecule has 3 heterocycles. The molecule has 0 unspecified atom stereocenters. The number of nitrogens with zero attached hydrogens (tertiary/aromatic N) is 3. The molecule has 3 aromatic rings. The van der Waals surface area contributed by atoms with Crippen LogP contribution < -0.4 is 10.6 Å². The van der Waals surface area contributed by atoms with E-state index in [2.05, 4.69) is 44.9 Å². The molecule has 1 saturated heterocycles. The predicted molar refractivity (Wildman–Crippen MR) is 135 cm³/mol. The van der Waals surface area contributed by atoms with Gasteiger partial charge in [-0.05, 0) is 79.5 Å². The summed E-state index contributed by atoms with van der Waals surface area (Å²) >= 11 is 0. The Morgan fingerprint density at radius 2 is 1.68 bits per heavy atom. The molecule has 2 aliphatic rings. The van der Waals surface area contributed by atoms with Gasteiger partial charge in [-0.15, -0.1) is 0 Å². The summed E-state index contributed by atoms with van der Waals surface area (Å²) in [5, 5.41) is 7.25. The van der Waals surface area contributed by atoms with Crippen LogP contribution in [0.5, 0.6) is 0 Å². The highest BCUT2D eigenvalue weighted by molar-refractivity contribution is 5.94. The zero-order valence-corrected chi connectivity index (χ0v) is 19.8. The summed E-state index contributed by atoms with van der Waals surface area (Å²) in [6, 6.07) is 17.9. The Kier molecular flexibility index (Phi) is 6.86. The predicted octanol–water partition coefficient (Wildman–Crippen LogP) is 4.23. The van der Waals surface area contributed by atoms with Crippen LogP contribution in [0.4, 0.5) is 5.82 Å². The minimum Gasteiger partial charge on any atom is -0.367 e. The molecule has 5 rings (SSSR count). The Morgan fingerprint density at radius 3 is 2.32 bits per heavy atom. The summed E-state index contributed by atoms with van der Waals surface area (Å²) in [6.45, 7) is 0.553. The maximum absolute atomic E-state index is 12.8. The molecule has 6 heteroatoms. The number of carbonyl (C=O) groups excluding carboxylic acids is 1. The van der Waals surface area contributed by atoms with E-state index in [4.69, 9.17) is 0 Å². The van der Waals surface area contributed by atoms with Gasteiger partial charge in [0, 0.05) is 55.9 Å². The second kappa shape index (κ2) is 10.3. The smallest absolute Gasteiger partial charge is 0.253 e. The largest absolute Gasteiger partial charge is 0.367 e. The van der Waals surface area contributed by atoms with Gasteiger partial charge in [-0.1, -0.05) is 24.3 Å². The first kappa shape index (κ1) is 22.5. The van der Waals surface area contributed by atoms with E-state index >= 15 is 0 Å². The van der Waals surface area contributed by atoms with E-state index < -0.39 is 0 Å². The summed E-state index contributed by atoms with van der Waals surface area (Å²) in [5.74, 6) is 1.02. The molecule has 2 atom stereocenters. The summed E-state index contributed by atoms with van der Waals surface area (Å²) in [6.07, 6.45) is 12.4. The van der Waals surface area contributed by atoms with Crippen molar-refractivity contribution >= 4 is 11.7 Å². The number of amides is 1. The SMILES string of the molecule is CN(Cc1cccnc1)C(=O)c1ccc(C[C@@H]2CC[C@H](Cc3ccc(NC4CC4)nc3)N2)cc1. The first-order valence-electron chi connectivity index (χ1n) is 12.3. The zero-order chi connectivity index (χ0) is 23.3. The van der Waals surface area contributed by atoms with E-state index in [0.29, 0.717) is 24.7 Å². The summed E-state index contributed by atoms with van der Waals surface area (Å²) in [5.41, 5.74) is 4.30. The van der Waals surface area contributed by atoms with Crippen LogP contribution in [-0.2, 0) is 19.4 Å². The van der Waals surface area contributed by atoms with Gasteiger partial charge in [0.2, 0.25) is 0 Å². The fourth-order valence-electron chi connectivity index (χ4n) is 4.70. The van der Waals surface area contributed by atoms with Crippen molar-refractivity contribution in [3.63, 3.8) is 0 Å². The monoisotopic (exact) mass is 455 g/mol. The van der Waals surface area contributed by atoms with Gasteiger partial charge in [-0.25, -0.2) is 4.98 Å². The van der Waals surface area contributed by atoms with E-state index in [1.165, 1.54) is 36.8 Å². The van der Waals surface area contributed by atoms with E-state index in [0.717, 1.165) is 29.8 Å². The molecule has 1 aliphatic carbocycles. The van der Waals surface area contributed by atoms with Crippen molar-refractivity contribution in [1.29, 1.82) is 0 Å². The number of aromatic nitrogens is 2. The van der Waals surface area contributed by atoms with Crippen LogP contribution in [0.25, 0.3) is 0 Å². The fraction of sp³-hybridized carbons (Fsp3) is 0.393. The minimum absolute atomic E-state index is 0.0291. The van der Waals surface area contributed by atoms with Crippen molar-refractivity contribution in [2.45, 2.75) is 63.2 Å². The lowest BCUT2D eigenvalue weighted by Gasteiger charge is -2.18. The van der Waals surface area contributed by atoms with Gasteiger partial charge < -0.3 is 15.5 Å². The van der Waals surface area contributed by atoms with Crippen LogP contribution in [0.3, 0.4) is 0 Å². The topological polar surface area (TPSA) is 70.2 Å². The highest BCUT2D eigenvalue weighted by Crippen LogP contribution is 2.24. The fourth-order valence-corrected chi connectivity index (χ4v) is 4.70. The number of anilines is 1. The number of pyridine rings is 2. The normalized spacial score (nSPS) is 19.7. The second-order valence-electron chi connectivity index (χ2n) is 9.74. The molecule has 0 radical (unpaired) electrons. The first-order chi connectivity index (χ1) is 16.6. The maximum Gasteiger partial charge on any atom is 0.253 e. The molecule has 1 saturated carbocycles. The molecule has 2 aromatic heterocycles. The number of carbonyl (C=O) groups is 1. The van der Waals surface area contributed by atoms with Gasteiger partial charge in [0.25, 0.3) is 5.91 Å². The van der Waals surface area contributed by atoms with Crippen molar-refractivity contribution in [3.8, 4) is 0 Å². The molecule has 1 aliphatic heterocycles. The third kappa shape index (κ3) is 6.00. The molecule has 1 aromatic carbocycles. The Hall–Kier alpha value is -3.25. The first-order valence-corrected chi connectivity index (χ1v) is 12.3. The molecule has 6 nitrogen and oxygen atoms in total. The van der Waals surface area contributed by atoms with Gasteiger partial charge in [-0.3, -0.25) is 9.78 Å². The average Bonchev–Trinajstić information content (AvgIpc) is 3.58. The minimum atomic E-state index is 0.0291. The highest BCUT2D eigenvalue weighted by atomic mass is 16.2. The number of nitrogens with one attached hydrogen (secondary N) is 2. The van der Waals surface area contributed by atoms with Gasteiger partial charge in [0.15, 0.2) is 0 Å². The standard InChI is InChI=1S/C28H33N5O/c1-33(19-22-3-2-14-29-17-22)28(34)23-7-4-20(5-8-23)15-25-11-12-26(31-25)16-21-6-13-27(30-18-21)32-24-9-10-24/h2-8,13-14,17-18,24-26,31H,9-12,15-16,19H2,1H3,(H,30,32)/t25-,26+/m0/s1. The molecular formula is C28H33N5O. The Bertz CT molecular complexity index is 1080. The van der Waals surface area contributed by atoms with Crippen LogP contribution in [-0.4, -0.2) is 45.9 Å². The molecule has 2 N–H and O–H groups in total. The van der Waals surface area contributed by atoms with E-state index in [-0.39, 0.29) is 5.91 Å². The quantitative estimate of drug-likeness (QED) is 0.505. The van der Waals surface area contributed by atoms with E-state index in [1.807, 2.05) is 37.5 Å².